The van der Waals surface area contributed by atoms with Gasteiger partial charge in [0, 0.05) is 25.9 Å². The molecule has 0 aliphatic heterocycles. The fourth-order valence-corrected chi connectivity index (χ4v) is 4.29. The van der Waals surface area contributed by atoms with Gasteiger partial charge in [-0.25, -0.2) is 0 Å². The summed E-state index contributed by atoms with van der Waals surface area (Å²) in [5.41, 5.74) is 3.54. The van der Waals surface area contributed by atoms with Crippen LogP contribution in [0.3, 0.4) is 0 Å². The van der Waals surface area contributed by atoms with E-state index in [0.29, 0.717) is 25.9 Å². The van der Waals surface area contributed by atoms with Gasteiger partial charge in [-0.3, -0.25) is 9.59 Å². The molecule has 0 fully saturated rings. The first kappa shape index (κ1) is 23.8. The van der Waals surface area contributed by atoms with Gasteiger partial charge in [0.1, 0.15) is 6.04 Å². The van der Waals surface area contributed by atoms with E-state index in [0.717, 1.165) is 36.8 Å². The normalized spacial score (nSPS) is 14.3. The quantitative estimate of drug-likeness (QED) is 0.481. The van der Waals surface area contributed by atoms with Crippen molar-refractivity contribution >= 4 is 11.8 Å². The Morgan fingerprint density at radius 2 is 1.66 bits per heavy atom. The van der Waals surface area contributed by atoms with Crippen LogP contribution in [0, 0.1) is 0 Å². The number of nitrogens with one attached hydrogen (secondary N) is 1. The molecule has 1 aliphatic carbocycles. The predicted octanol–water partition coefficient (Wildman–Crippen LogP) is 5.43. The van der Waals surface area contributed by atoms with Crippen LogP contribution >= 0.6 is 0 Å². The number of amides is 2. The summed E-state index contributed by atoms with van der Waals surface area (Å²) in [6.45, 7) is 3.07. The van der Waals surface area contributed by atoms with Gasteiger partial charge in [-0.05, 0) is 49.7 Å². The maximum Gasteiger partial charge on any atom is 0.243 e. The summed E-state index contributed by atoms with van der Waals surface area (Å²) in [5.74, 6) is -0.0342. The SMILES string of the molecule is CCCC(=O)N(Cc1ccccc1)C(Cc1ccccc1)C(=O)NCCC1=CCCCC1. The molecule has 0 radical (unpaired) electrons. The molecule has 1 aliphatic rings. The van der Waals surface area contributed by atoms with E-state index in [2.05, 4.69) is 11.4 Å². The largest absolute Gasteiger partial charge is 0.354 e. The monoisotopic (exact) mass is 432 g/mol. The van der Waals surface area contributed by atoms with Gasteiger partial charge < -0.3 is 10.2 Å². The Bertz CT molecular complexity index is 877. The summed E-state index contributed by atoms with van der Waals surface area (Å²) < 4.78 is 0. The van der Waals surface area contributed by atoms with E-state index in [1.807, 2.05) is 67.6 Å². The van der Waals surface area contributed by atoms with Crippen molar-refractivity contribution in [1.82, 2.24) is 10.2 Å². The van der Waals surface area contributed by atoms with Crippen molar-refractivity contribution in [3.05, 3.63) is 83.4 Å². The Hall–Kier alpha value is -2.88. The summed E-state index contributed by atoms with van der Waals surface area (Å²) in [4.78, 5) is 28.3. The number of rotatable bonds is 11. The lowest BCUT2D eigenvalue weighted by Gasteiger charge is -2.31. The molecule has 0 saturated carbocycles. The van der Waals surface area contributed by atoms with Gasteiger partial charge in [-0.2, -0.15) is 0 Å². The lowest BCUT2D eigenvalue weighted by Crippen LogP contribution is -2.50. The highest BCUT2D eigenvalue weighted by molar-refractivity contribution is 5.88. The van der Waals surface area contributed by atoms with Crippen LogP contribution in [0.2, 0.25) is 0 Å². The van der Waals surface area contributed by atoms with Crippen LogP contribution in [-0.2, 0) is 22.6 Å². The summed E-state index contributed by atoms with van der Waals surface area (Å²) >= 11 is 0. The van der Waals surface area contributed by atoms with Crippen molar-refractivity contribution in [2.75, 3.05) is 6.54 Å². The second kappa shape index (κ2) is 12.8. The fraction of sp³-hybridized carbons (Fsp3) is 0.429. The molecule has 0 saturated heterocycles. The van der Waals surface area contributed by atoms with Crippen molar-refractivity contribution in [2.45, 2.75) is 70.9 Å². The second-order valence-corrected chi connectivity index (χ2v) is 8.61. The number of nitrogens with zero attached hydrogens (tertiary/aromatic N) is 1. The minimum Gasteiger partial charge on any atom is -0.354 e. The fourth-order valence-electron chi connectivity index (χ4n) is 4.29. The smallest absolute Gasteiger partial charge is 0.243 e. The number of benzene rings is 2. The average Bonchev–Trinajstić information content (AvgIpc) is 2.83. The number of hydrogen-bond donors (Lipinski definition) is 1. The van der Waals surface area contributed by atoms with E-state index in [1.54, 1.807) is 4.90 Å². The molecule has 170 valence electrons. The molecule has 0 bridgehead atoms. The first-order valence-electron chi connectivity index (χ1n) is 12.0. The van der Waals surface area contributed by atoms with Gasteiger partial charge in [0.15, 0.2) is 0 Å². The third-order valence-corrected chi connectivity index (χ3v) is 6.06. The number of hydrogen-bond acceptors (Lipinski definition) is 2. The third kappa shape index (κ3) is 7.37. The molecule has 4 heteroatoms. The van der Waals surface area contributed by atoms with Gasteiger partial charge >= 0.3 is 0 Å². The van der Waals surface area contributed by atoms with E-state index in [-0.39, 0.29) is 11.8 Å². The Balaban J connectivity index is 1.77. The van der Waals surface area contributed by atoms with Crippen molar-refractivity contribution < 1.29 is 9.59 Å². The van der Waals surface area contributed by atoms with Crippen LogP contribution in [0.5, 0.6) is 0 Å². The Morgan fingerprint density at radius 3 is 2.28 bits per heavy atom. The first-order chi connectivity index (χ1) is 15.7. The molecule has 1 N–H and O–H groups in total. The van der Waals surface area contributed by atoms with E-state index in [4.69, 9.17) is 0 Å². The minimum absolute atomic E-state index is 0.0300. The molecule has 0 aromatic heterocycles. The molecule has 1 atom stereocenters. The van der Waals surface area contributed by atoms with Crippen molar-refractivity contribution in [3.8, 4) is 0 Å². The van der Waals surface area contributed by atoms with E-state index < -0.39 is 6.04 Å². The number of allylic oxidation sites excluding steroid dienone is 1. The molecular weight excluding hydrogens is 396 g/mol. The zero-order valence-corrected chi connectivity index (χ0v) is 19.3. The predicted molar refractivity (Wildman–Crippen MR) is 130 cm³/mol. The van der Waals surface area contributed by atoms with E-state index in [1.165, 1.54) is 18.4 Å². The van der Waals surface area contributed by atoms with Crippen LogP contribution in [-0.4, -0.2) is 29.3 Å². The van der Waals surface area contributed by atoms with Crippen molar-refractivity contribution in [2.24, 2.45) is 0 Å². The minimum atomic E-state index is -0.531. The van der Waals surface area contributed by atoms with Gasteiger partial charge in [-0.15, -0.1) is 0 Å². The lowest BCUT2D eigenvalue weighted by molar-refractivity contribution is -0.141. The molecule has 32 heavy (non-hydrogen) atoms. The Kier molecular flexibility index (Phi) is 9.55. The first-order valence-corrected chi connectivity index (χ1v) is 12.0. The topological polar surface area (TPSA) is 49.4 Å². The maximum atomic E-state index is 13.4. The zero-order chi connectivity index (χ0) is 22.6. The molecule has 0 spiro atoms. The summed E-state index contributed by atoms with van der Waals surface area (Å²) in [7, 11) is 0. The van der Waals surface area contributed by atoms with Crippen LogP contribution in [0.15, 0.2) is 72.3 Å². The van der Waals surface area contributed by atoms with Crippen LogP contribution in [0.4, 0.5) is 0 Å². The highest BCUT2D eigenvalue weighted by atomic mass is 16.2. The highest BCUT2D eigenvalue weighted by Crippen LogP contribution is 2.20. The summed E-state index contributed by atoms with van der Waals surface area (Å²) in [5, 5.41) is 3.14. The van der Waals surface area contributed by atoms with Gasteiger partial charge in [-0.1, -0.05) is 79.2 Å². The molecule has 1 unspecified atom stereocenters. The van der Waals surface area contributed by atoms with E-state index in [9.17, 15) is 9.59 Å². The van der Waals surface area contributed by atoms with Crippen LogP contribution < -0.4 is 5.32 Å². The number of carbonyl (C=O) groups is 2. The molecule has 2 aromatic carbocycles. The van der Waals surface area contributed by atoms with Crippen molar-refractivity contribution in [1.29, 1.82) is 0 Å². The van der Waals surface area contributed by atoms with Crippen LogP contribution in [0.25, 0.3) is 0 Å². The molecule has 2 aromatic rings. The summed E-state index contributed by atoms with van der Waals surface area (Å²) in [6, 6.07) is 19.4. The molecule has 0 heterocycles. The van der Waals surface area contributed by atoms with Gasteiger partial charge in [0.05, 0.1) is 0 Å². The van der Waals surface area contributed by atoms with Crippen molar-refractivity contribution in [3.63, 3.8) is 0 Å². The van der Waals surface area contributed by atoms with Crippen LogP contribution in [0.1, 0.15) is 63.0 Å². The zero-order valence-electron chi connectivity index (χ0n) is 19.3. The van der Waals surface area contributed by atoms with Gasteiger partial charge in [0.2, 0.25) is 11.8 Å². The second-order valence-electron chi connectivity index (χ2n) is 8.61. The Labute approximate surface area is 192 Å². The molecule has 4 nitrogen and oxygen atoms in total. The number of carbonyl (C=O) groups excluding carboxylic acids is 2. The lowest BCUT2D eigenvalue weighted by atomic mass is 9.97. The van der Waals surface area contributed by atoms with E-state index >= 15 is 0 Å². The standard InChI is InChI=1S/C28H36N2O2/c1-2-12-27(31)30(22-25-17-10-5-11-18-25)26(21-24-15-8-4-9-16-24)28(32)29-20-19-23-13-6-3-7-14-23/h4-5,8-11,13,15-18,26H,2-3,6-7,12,14,19-22H2,1H3,(H,29,32). The molecule has 2 amide bonds. The maximum absolute atomic E-state index is 13.4. The highest BCUT2D eigenvalue weighted by Gasteiger charge is 2.29. The van der Waals surface area contributed by atoms with Gasteiger partial charge in [0.25, 0.3) is 0 Å². The Morgan fingerprint density at radius 1 is 0.969 bits per heavy atom. The summed E-state index contributed by atoms with van der Waals surface area (Å²) in [6.07, 6.45) is 9.73. The third-order valence-electron chi connectivity index (χ3n) is 6.06. The molecule has 3 rings (SSSR count). The molecular formula is C28H36N2O2. The average molecular weight is 433 g/mol.